The monoisotopic (exact) mass is 438 g/mol. The third-order valence-electron chi connectivity index (χ3n) is 3.73. The lowest BCUT2D eigenvalue weighted by Gasteiger charge is -2.10. The Morgan fingerprint density at radius 1 is 1.18 bits per heavy atom. The smallest absolute Gasteiger partial charge is 0.225 e. The molecule has 0 bridgehead atoms. The number of aryl methyl sites for hydroxylation is 1. The molecule has 1 N–H and O–H groups in total. The Balaban J connectivity index is 1.59. The number of amides is 1. The molecule has 0 fully saturated rings. The van der Waals surface area contributed by atoms with Crippen LogP contribution in [-0.2, 0) is 4.79 Å². The molecule has 0 aliphatic rings. The number of para-hydroxylation sites is 1. The van der Waals surface area contributed by atoms with E-state index in [1.165, 1.54) is 10.9 Å². The van der Waals surface area contributed by atoms with Gasteiger partial charge in [-0.15, -0.1) is 0 Å². The summed E-state index contributed by atoms with van der Waals surface area (Å²) in [5, 5.41) is 8.46. The van der Waals surface area contributed by atoms with Gasteiger partial charge in [0.05, 0.1) is 27.4 Å². The van der Waals surface area contributed by atoms with E-state index in [4.69, 9.17) is 39.5 Å². The number of benzene rings is 1. The summed E-state index contributed by atoms with van der Waals surface area (Å²) in [5.41, 5.74) is 0.713. The molecule has 0 radical (unpaired) electrons. The molecule has 2 aromatic heterocycles. The standard InChI is InChI=1S/C19H17Cl3N4O2/c1-12-9-17(26(25-12)19-15(22)10-13(20)11-23-19)24-18(27)7-4-8-28-16-6-3-2-5-14(16)21/h2-3,5-6,9-11H,4,7-8H2,1H3,(H,24,27). The molecule has 9 heteroatoms. The van der Waals surface area contributed by atoms with Crippen LogP contribution in [-0.4, -0.2) is 27.3 Å². The van der Waals surface area contributed by atoms with Gasteiger partial charge in [-0.25, -0.2) is 4.98 Å². The van der Waals surface area contributed by atoms with E-state index in [1.54, 1.807) is 24.3 Å². The lowest BCUT2D eigenvalue weighted by Crippen LogP contribution is -2.16. The van der Waals surface area contributed by atoms with Crippen molar-refractivity contribution in [2.45, 2.75) is 19.8 Å². The number of halogens is 3. The van der Waals surface area contributed by atoms with Gasteiger partial charge in [-0.2, -0.15) is 9.78 Å². The van der Waals surface area contributed by atoms with Crippen LogP contribution < -0.4 is 10.1 Å². The van der Waals surface area contributed by atoms with Crippen LogP contribution in [0.4, 0.5) is 5.82 Å². The summed E-state index contributed by atoms with van der Waals surface area (Å²) in [7, 11) is 0. The van der Waals surface area contributed by atoms with Gasteiger partial charge < -0.3 is 10.1 Å². The summed E-state index contributed by atoms with van der Waals surface area (Å²) in [6.07, 6.45) is 2.28. The number of hydrogen-bond donors (Lipinski definition) is 1. The van der Waals surface area contributed by atoms with Crippen molar-refractivity contribution in [2.75, 3.05) is 11.9 Å². The summed E-state index contributed by atoms with van der Waals surface area (Å²) in [4.78, 5) is 16.5. The predicted molar refractivity (Wildman–Crippen MR) is 111 cm³/mol. The number of aromatic nitrogens is 3. The molecule has 2 heterocycles. The summed E-state index contributed by atoms with van der Waals surface area (Å²) < 4.78 is 7.07. The average molecular weight is 440 g/mol. The second kappa shape index (κ2) is 9.28. The number of carbonyl (C=O) groups excluding carboxylic acids is 1. The minimum atomic E-state index is -0.172. The van der Waals surface area contributed by atoms with E-state index >= 15 is 0 Å². The molecule has 1 amide bonds. The Morgan fingerprint density at radius 2 is 1.96 bits per heavy atom. The maximum atomic E-state index is 12.3. The number of nitrogens with zero attached hydrogens (tertiary/aromatic N) is 3. The number of anilines is 1. The highest BCUT2D eigenvalue weighted by molar-refractivity contribution is 6.35. The van der Waals surface area contributed by atoms with E-state index in [9.17, 15) is 4.79 Å². The fourth-order valence-corrected chi connectivity index (χ4v) is 3.15. The van der Waals surface area contributed by atoms with Crippen LogP contribution in [0.5, 0.6) is 5.75 Å². The second-order valence-electron chi connectivity index (χ2n) is 5.97. The number of pyridine rings is 1. The molecule has 0 aliphatic carbocycles. The number of ether oxygens (including phenoxy) is 1. The molecular formula is C19H17Cl3N4O2. The maximum Gasteiger partial charge on any atom is 0.225 e. The van der Waals surface area contributed by atoms with Gasteiger partial charge in [0.15, 0.2) is 5.82 Å². The van der Waals surface area contributed by atoms with E-state index in [-0.39, 0.29) is 12.3 Å². The largest absolute Gasteiger partial charge is 0.492 e. The number of nitrogens with one attached hydrogen (secondary N) is 1. The highest BCUT2D eigenvalue weighted by atomic mass is 35.5. The molecule has 6 nitrogen and oxygen atoms in total. The summed E-state index contributed by atoms with van der Waals surface area (Å²) in [6, 6.07) is 10.5. The number of hydrogen-bond acceptors (Lipinski definition) is 4. The molecular weight excluding hydrogens is 423 g/mol. The van der Waals surface area contributed by atoms with Gasteiger partial charge in [0.1, 0.15) is 11.6 Å². The molecule has 1 aromatic carbocycles. The summed E-state index contributed by atoms with van der Waals surface area (Å²) in [6.45, 7) is 2.19. The van der Waals surface area contributed by atoms with Crippen molar-refractivity contribution in [3.8, 4) is 11.6 Å². The summed E-state index contributed by atoms with van der Waals surface area (Å²) in [5.74, 6) is 1.29. The van der Waals surface area contributed by atoms with Crippen LogP contribution in [0.25, 0.3) is 5.82 Å². The van der Waals surface area contributed by atoms with Gasteiger partial charge in [-0.1, -0.05) is 46.9 Å². The minimum absolute atomic E-state index is 0.172. The fourth-order valence-electron chi connectivity index (χ4n) is 2.50. The van der Waals surface area contributed by atoms with Crippen molar-refractivity contribution in [3.63, 3.8) is 0 Å². The zero-order chi connectivity index (χ0) is 20.1. The Morgan fingerprint density at radius 3 is 2.71 bits per heavy atom. The first-order valence-corrected chi connectivity index (χ1v) is 9.62. The Hall–Kier alpha value is -2.28. The molecule has 0 saturated heterocycles. The van der Waals surface area contributed by atoms with Crippen molar-refractivity contribution >= 4 is 46.5 Å². The highest BCUT2D eigenvalue weighted by Gasteiger charge is 2.14. The predicted octanol–water partition coefficient (Wildman–Crippen LogP) is 5.33. The van der Waals surface area contributed by atoms with Crippen molar-refractivity contribution < 1.29 is 9.53 Å². The Labute approximate surface area is 177 Å². The van der Waals surface area contributed by atoms with E-state index in [2.05, 4.69) is 15.4 Å². The maximum absolute atomic E-state index is 12.3. The first-order chi connectivity index (χ1) is 13.4. The van der Waals surface area contributed by atoms with E-state index < -0.39 is 0 Å². The zero-order valence-electron chi connectivity index (χ0n) is 15.0. The second-order valence-corrected chi connectivity index (χ2v) is 7.22. The van der Waals surface area contributed by atoms with Crippen molar-refractivity contribution in [1.29, 1.82) is 0 Å². The van der Waals surface area contributed by atoms with Crippen molar-refractivity contribution in [1.82, 2.24) is 14.8 Å². The van der Waals surface area contributed by atoms with Crippen LogP contribution in [0.15, 0.2) is 42.6 Å². The molecule has 0 atom stereocenters. The topological polar surface area (TPSA) is 69.0 Å². The average Bonchev–Trinajstić information content (AvgIpc) is 3.00. The molecule has 3 aromatic rings. The van der Waals surface area contributed by atoms with Crippen LogP contribution in [0.3, 0.4) is 0 Å². The van der Waals surface area contributed by atoms with Gasteiger partial charge in [0.2, 0.25) is 5.91 Å². The number of rotatable bonds is 7. The van der Waals surface area contributed by atoms with Gasteiger partial charge in [-0.05, 0) is 31.5 Å². The van der Waals surface area contributed by atoms with Gasteiger partial charge in [0.25, 0.3) is 0 Å². The van der Waals surface area contributed by atoms with E-state index in [1.807, 2.05) is 19.1 Å². The third kappa shape index (κ3) is 5.16. The van der Waals surface area contributed by atoms with Crippen LogP contribution in [0, 0.1) is 6.92 Å². The van der Waals surface area contributed by atoms with E-state index in [0.29, 0.717) is 51.2 Å². The third-order valence-corrected chi connectivity index (χ3v) is 4.53. The zero-order valence-corrected chi connectivity index (χ0v) is 17.2. The molecule has 146 valence electrons. The molecule has 3 rings (SSSR count). The van der Waals surface area contributed by atoms with Crippen LogP contribution in [0.1, 0.15) is 18.5 Å². The number of carbonyl (C=O) groups is 1. The molecule has 0 spiro atoms. The molecule has 0 unspecified atom stereocenters. The summed E-state index contributed by atoms with van der Waals surface area (Å²) >= 11 is 18.1. The van der Waals surface area contributed by atoms with Gasteiger partial charge in [0, 0.05) is 18.7 Å². The van der Waals surface area contributed by atoms with Crippen LogP contribution >= 0.6 is 34.8 Å². The molecule has 0 saturated carbocycles. The van der Waals surface area contributed by atoms with Crippen molar-refractivity contribution in [3.05, 3.63) is 63.4 Å². The lowest BCUT2D eigenvalue weighted by molar-refractivity contribution is -0.116. The molecule has 0 aliphatic heterocycles. The van der Waals surface area contributed by atoms with Crippen LogP contribution in [0.2, 0.25) is 15.1 Å². The first-order valence-electron chi connectivity index (χ1n) is 8.49. The molecule has 28 heavy (non-hydrogen) atoms. The quantitative estimate of drug-likeness (QED) is 0.505. The van der Waals surface area contributed by atoms with Crippen molar-refractivity contribution in [2.24, 2.45) is 0 Å². The first kappa shape index (κ1) is 20.5. The fraction of sp³-hybridized carbons (Fsp3) is 0.211. The minimum Gasteiger partial charge on any atom is -0.492 e. The Kier molecular flexibility index (Phi) is 6.78. The lowest BCUT2D eigenvalue weighted by atomic mass is 10.3. The van der Waals surface area contributed by atoms with Gasteiger partial charge >= 0.3 is 0 Å². The van der Waals surface area contributed by atoms with E-state index in [0.717, 1.165) is 0 Å². The Bertz CT molecular complexity index is 991. The normalized spacial score (nSPS) is 10.7. The SMILES string of the molecule is Cc1cc(NC(=O)CCCOc2ccccc2Cl)n(-c2ncc(Cl)cc2Cl)n1. The highest BCUT2D eigenvalue weighted by Crippen LogP contribution is 2.25. The van der Waals surface area contributed by atoms with Gasteiger partial charge in [-0.3, -0.25) is 4.79 Å².